The molecule has 0 spiro atoms. The van der Waals surface area contributed by atoms with E-state index in [1.165, 1.54) is 5.56 Å². The summed E-state index contributed by atoms with van der Waals surface area (Å²) in [5, 5.41) is 0. The average Bonchev–Trinajstić information content (AvgIpc) is 2.71. The molecule has 17 heavy (non-hydrogen) atoms. The van der Waals surface area contributed by atoms with Gasteiger partial charge in [-0.05, 0) is 26.3 Å². The number of methoxy groups -OCH3 is 1. The number of para-hydroxylation sites is 1. The monoisotopic (exact) mass is 234 g/mol. The van der Waals surface area contributed by atoms with Crippen LogP contribution in [0.3, 0.4) is 0 Å². The third-order valence-corrected chi connectivity index (χ3v) is 3.60. The maximum absolute atomic E-state index is 6.27. The highest BCUT2D eigenvalue weighted by Gasteiger charge is 2.35. The summed E-state index contributed by atoms with van der Waals surface area (Å²) in [7, 11) is 1.72. The first-order valence-electron chi connectivity index (χ1n) is 6.29. The van der Waals surface area contributed by atoms with E-state index in [2.05, 4.69) is 30.9 Å². The minimum absolute atomic E-state index is 0.202. The Morgan fingerprint density at radius 2 is 2.06 bits per heavy atom. The summed E-state index contributed by atoms with van der Waals surface area (Å²) in [5.41, 5.74) is 7.48. The van der Waals surface area contributed by atoms with E-state index in [0.717, 1.165) is 18.7 Å². The normalized spacial score (nSPS) is 25.5. The van der Waals surface area contributed by atoms with Crippen LogP contribution in [0, 0.1) is 0 Å². The van der Waals surface area contributed by atoms with E-state index < -0.39 is 0 Å². The van der Waals surface area contributed by atoms with Gasteiger partial charge in [-0.1, -0.05) is 18.2 Å². The molecule has 94 valence electrons. The van der Waals surface area contributed by atoms with Crippen molar-refractivity contribution in [2.24, 2.45) is 5.73 Å². The van der Waals surface area contributed by atoms with Gasteiger partial charge in [0.1, 0.15) is 5.75 Å². The maximum Gasteiger partial charge on any atom is 0.123 e. The second-order valence-electron chi connectivity index (χ2n) is 4.97. The minimum atomic E-state index is 0.202. The zero-order chi connectivity index (χ0) is 12.4. The second kappa shape index (κ2) is 5.07. The van der Waals surface area contributed by atoms with E-state index in [0.29, 0.717) is 6.04 Å². The average molecular weight is 234 g/mol. The fraction of sp³-hybridized carbons (Fsp3) is 0.571. The van der Waals surface area contributed by atoms with Crippen molar-refractivity contribution >= 4 is 0 Å². The zero-order valence-electron chi connectivity index (χ0n) is 10.9. The largest absolute Gasteiger partial charge is 0.496 e. The Bertz CT molecular complexity index is 378. The Balaban J connectivity index is 2.36. The Kier molecular flexibility index (Phi) is 3.69. The lowest BCUT2D eigenvalue weighted by molar-refractivity contribution is 0.194. The first kappa shape index (κ1) is 12.4. The van der Waals surface area contributed by atoms with Crippen LogP contribution in [0.4, 0.5) is 0 Å². The van der Waals surface area contributed by atoms with Crippen molar-refractivity contribution in [1.29, 1.82) is 0 Å². The molecule has 1 fully saturated rings. The van der Waals surface area contributed by atoms with E-state index in [1.807, 2.05) is 12.1 Å². The topological polar surface area (TPSA) is 38.5 Å². The van der Waals surface area contributed by atoms with E-state index >= 15 is 0 Å². The molecule has 2 N–H and O–H groups in total. The number of likely N-dealkylation sites (tertiary alicyclic amines) is 1. The molecule has 1 aromatic rings. The predicted octanol–water partition coefficient (Wildman–Crippen LogP) is 2.18. The summed E-state index contributed by atoms with van der Waals surface area (Å²) in [4.78, 5) is 2.46. The van der Waals surface area contributed by atoms with Gasteiger partial charge < -0.3 is 10.5 Å². The van der Waals surface area contributed by atoms with E-state index in [-0.39, 0.29) is 12.1 Å². The van der Waals surface area contributed by atoms with Gasteiger partial charge in [0.05, 0.1) is 13.2 Å². The molecule has 2 rings (SSSR count). The minimum Gasteiger partial charge on any atom is -0.496 e. The van der Waals surface area contributed by atoms with Crippen LogP contribution in [0.1, 0.15) is 31.9 Å². The number of nitrogens with two attached hydrogens (primary N) is 1. The lowest BCUT2D eigenvalue weighted by atomic mass is 9.99. The molecule has 3 heteroatoms. The summed E-state index contributed by atoms with van der Waals surface area (Å²) in [6.07, 6.45) is 1.06. The van der Waals surface area contributed by atoms with Gasteiger partial charge in [-0.2, -0.15) is 0 Å². The van der Waals surface area contributed by atoms with E-state index in [1.54, 1.807) is 7.11 Å². The number of ether oxygens (including phenoxy) is 1. The molecular formula is C14H22N2O. The Labute approximate surface area is 104 Å². The number of rotatable bonds is 3. The molecule has 1 aliphatic heterocycles. The molecule has 0 aliphatic carbocycles. The number of hydrogen-bond donors (Lipinski definition) is 1. The molecule has 0 saturated carbocycles. The zero-order valence-corrected chi connectivity index (χ0v) is 10.9. The van der Waals surface area contributed by atoms with E-state index in [4.69, 9.17) is 10.5 Å². The number of hydrogen-bond acceptors (Lipinski definition) is 3. The Hall–Kier alpha value is -1.06. The van der Waals surface area contributed by atoms with Gasteiger partial charge in [-0.3, -0.25) is 4.90 Å². The molecule has 1 aromatic carbocycles. The van der Waals surface area contributed by atoms with Gasteiger partial charge >= 0.3 is 0 Å². The predicted molar refractivity (Wildman–Crippen MR) is 70.2 cm³/mol. The lowest BCUT2D eigenvalue weighted by Gasteiger charge is -2.31. The highest BCUT2D eigenvalue weighted by Crippen LogP contribution is 2.37. The van der Waals surface area contributed by atoms with Crippen LogP contribution < -0.4 is 10.5 Å². The molecule has 3 nitrogen and oxygen atoms in total. The van der Waals surface area contributed by atoms with Crippen LogP contribution in [-0.2, 0) is 0 Å². The standard InChI is InChI=1S/C14H22N2O/c1-10(2)16-9-8-12(15)14(16)11-6-4-5-7-13(11)17-3/h4-7,10,12,14H,8-9,15H2,1-3H3. The smallest absolute Gasteiger partial charge is 0.123 e. The Morgan fingerprint density at radius 3 is 2.71 bits per heavy atom. The summed E-state index contributed by atoms with van der Waals surface area (Å²) in [6, 6.07) is 9.20. The fourth-order valence-electron chi connectivity index (χ4n) is 2.74. The molecule has 1 heterocycles. The molecule has 0 aromatic heterocycles. The van der Waals surface area contributed by atoms with Crippen molar-refractivity contribution < 1.29 is 4.74 Å². The lowest BCUT2D eigenvalue weighted by Crippen LogP contribution is -2.36. The van der Waals surface area contributed by atoms with Gasteiger partial charge in [0.2, 0.25) is 0 Å². The van der Waals surface area contributed by atoms with Gasteiger partial charge in [-0.25, -0.2) is 0 Å². The van der Waals surface area contributed by atoms with Crippen molar-refractivity contribution in [3.63, 3.8) is 0 Å². The maximum atomic E-state index is 6.27. The molecule has 0 amide bonds. The van der Waals surface area contributed by atoms with Gasteiger partial charge in [0.25, 0.3) is 0 Å². The van der Waals surface area contributed by atoms with Crippen LogP contribution in [-0.4, -0.2) is 30.6 Å². The van der Waals surface area contributed by atoms with Gasteiger partial charge in [0, 0.05) is 24.2 Å². The van der Waals surface area contributed by atoms with Crippen molar-refractivity contribution in [3.8, 4) is 5.75 Å². The van der Waals surface area contributed by atoms with Gasteiger partial charge in [0.15, 0.2) is 0 Å². The molecule has 0 radical (unpaired) electrons. The highest BCUT2D eigenvalue weighted by atomic mass is 16.5. The fourth-order valence-corrected chi connectivity index (χ4v) is 2.74. The first-order chi connectivity index (χ1) is 8.15. The quantitative estimate of drug-likeness (QED) is 0.871. The molecule has 2 unspecified atom stereocenters. The molecule has 0 bridgehead atoms. The second-order valence-corrected chi connectivity index (χ2v) is 4.97. The van der Waals surface area contributed by atoms with Crippen molar-refractivity contribution in [2.75, 3.05) is 13.7 Å². The molecule has 1 saturated heterocycles. The van der Waals surface area contributed by atoms with Crippen LogP contribution >= 0.6 is 0 Å². The third kappa shape index (κ3) is 2.31. The summed E-state index contributed by atoms with van der Waals surface area (Å²) >= 11 is 0. The van der Waals surface area contributed by atoms with Crippen LogP contribution in [0.5, 0.6) is 5.75 Å². The summed E-state index contributed by atoms with van der Waals surface area (Å²) in [5.74, 6) is 0.945. The van der Waals surface area contributed by atoms with E-state index in [9.17, 15) is 0 Å². The molecule has 1 aliphatic rings. The number of nitrogens with zero attached hydrogens (tertiary/aromatic N) is 1. The molecular weight excluding hydrogens is 212 g/mol. The van der Waals surface area contributed by atoms with Crippen molar-refractivity contribution in [1.82, 2.24) is 4.90 Å². The van der Waals surface area contributed by atoms with Crippen molar-refractivity contribution in [2.45, 2.75) is 38.4 Å². The molecule has 2 atom stereocenters. The Morgan fingerprint density at radius 1 is 1.35 bits per heavy atom. The van der Waals surface area contributed by atoms with Gasteiger partial charge in [-0.15, -0.1) is 0 Å². The van der Waals surface area contributed by atoms with Crippen LogP contribution in [0.25, 0.3) is 0 Å². The summed E-state index contributed by atoms with van der Waals surface area (Å²) in [6.45, 7) is 5.52. The summed E-state index contributed by atoms with van der Waals surface area (Å²) < 4.78 is 5.45. The SMILES string of the molecule is COc1ccccc1C1C(N)CCN1C(C)C. The number of benzene rings is 1. The van der Waals surface area contributed by atoms with Crippen LogP contribution in [0.15, 0.2) is 24.3 Å². The first-order valence-corrected chi connectivity index (χ1v) is 6.29. The third-order valence-electron chi connectivity index (χ3n) is 3.60. The highest BCUT2D eigenvalue weighted by molar-refractivity contribution is 5.37. The van der Waals surface area contributed by atoms with Crippen LogP contribution in [0.2, 0.25) is 0 Å². The van der Waals surface area contributed by atoms with Crippen molar-refractivity contribution in [3.05, 3.63) is 29.8 Å².